The van der Waals surface area contributed by atoms with Crippen molar-refractivity contribution in [1.29, 1.82) is 0 Å². The molecule has 0 amide bonds. The maximum Gasteiger partial charge on any atom is 0.416 e. The first-order chi connectivity index (χ1) is 7.43. The fourth-order valence-electron chi connectivity index (χ4n) is 1.41. The molecular weight excluding hydrogens is 219 g/mol. The van der Waals surface area contributed by atoms with E-state index >= 15 is 0 Å². The molecule has 98 valence electrons. The molecule has 0 aliphatic carbocycles. The Kier molecular flexibility index (Phi) is 7.76. The van der Waals surface area contributed by atoms with Gasteiger partial charge in [-0.2, -0.15) is 13.2 Å². The largest absolute Gasteiger partial charge is 0.416 e. The molecule has 0 aromatic carbocycles. The fraction of sp³-hybridized carbons (Fsp3) is 1.00. The van der Waals surface area contributed by atoms with Gasteiger partial charge < -0.3 is 10.5 Å². The van der Waals surface area contributed by atoms with Crippen LogP contribution in [0.4, 0.5) is 13.2 Å². The van der Waals surface area contributed by atoms with Gasteiger partial charge in [-0.05, 0) is 12.8 Å². The van der Waals surface area contributed by atoms with Gasteiger partial charge in [0.25, 0.3) is 0 Å². The summed E-state index contributed by atoms with van der Waals surface area (Å²) in [4.78, 5) is 0. The molecule has 0 bridgehead atoms. The van der Waals surface area contributed by atoms with Crippen molar-refractivity contribution in [2.24, 2.45) is 5.73 Å². The van der Waals surface area contributed by atoms with E-state index in [0.717, 1.165) is 19.3 Å². The van der Waals surface area contributed by atoms with Crippen molar-refractivity contribution in [2.75, 3.05) is 6.61 Å². The molecule has 0 saturated carbocycles. The van der Waals surface area contributed by atoms with E-state index in [4.69, 9.17) is 10.5 Å². The smallest absolute Gasteiger partial charge is 0.367 e. The van der Waals surface area contributed by atoms with Gasteiger partial charge in [0.2, 0.25) is 0 Å². The van der Waals surface area contributed by atoms with Crippen molar-refractivity contribution in [1.82, 2.24) is 0 Å². The van der Waals surface area contributed by atoms with Crippen LogP contribution in [0.2, 0.25) is 0 Å². The highest BCUT2D eigenvalue weighted by molar-refractivity contribution is 4.79. The van der Waals surface area contributed by atoms with Crippen LogP contribution in [0.1, 0.15) is 46.0 Å². The Morgan fingerprint density at radius 1 is 1.12 bits per heavy atom. The van der Waals surface area contributed by atoms with Gasteiger partial charge >= 0.3 is 6.18 Å². The Labute approximate surface area is 95.3 Å². The maximum absolute atomic E-state index is 12.5. The lowest BCUT2D eigenvalue weighted by atomic mass is 10.1. The Bertz CT molecular complexity index is 173. The lowest BCUT2D eigenvalue weighted by Gasteiger charge is -2.25. The number of hydrogen-bond donors (Lipinski definition) is 1. The third kappa shape index (κ3) is 6.33. The van der Waals surface area contributed by atoms with Gasteiger partial charge in [-0.1, -0.05) is 33.1 Å². The van der Waals surface area contributed by atoms with Crippen LogP contribution < -0.4 is 5.73 Å². The van der Waals surface area contributed by atoms with Crippen molar-refractivity contribution >= 4 is 0 Å². The number of nitrogens with two attached hydrogens (primary N) is 1. The predicted octanol–water partition coefficient (Wildman–Crippen LogP) is 3.25. The van der Waals surface area contributed by atoms with Gasteiger partial charge in [-0.15, -0.1) is 0 Å². The summed E-state index contributed by atoms with van der Waals surface area (Å²) in [5.41, 5.74) is 5.40. The molecule has 2 nitrogen and oxygen atoms in total. The van der Waals surface area contributed by atoms with E-state index in [9.17, 15) is 13.2 Å². The minimum atomic E-state index is -4.36. The zero-order valence-corrected chi connectivity index (χ0v) is 10.0. The van der Waals surface area contributed by atoms with Crippen LogP contribution in [0.25, 0.3) is 0 Å². The summed E-state index contributed by atoms with van der Waals surface area (Å²) in [6.07, 6.45) is -2.27. The molecule has 16 heavy (non-hydrogen) atoms. The van der Waals surface area contributed by atoms with Crippen LogP contribution in [0.15, 0.2) is 0 Å². The molecule has 0 spiro atoms. The van der Waals surface area contributed by atoms with Crippen molar-refractivity contribution in [3.63, 3.8) is 0 Å². The third-order valence-electron chi connectivity index (χ3n) is 2.48. The predicted molar refractivity (Wildman–Crippen MR) is 58.2 cm³/mol. The number of unbranched alkanes of at least 4 members (excludes halogenated alkanes) is 3. The second-order valence-electron chi connectivity index (χ2n) is 3.97. The number of alkyl halides is 3. The maximum atomic E-state index is 12.5. The summed E-state index contributed by atoms with van der Waals surface area (Å²) in [6.45, 7) is 3.81. The fourth-order valence-corrected chi connectivity index (χ4v) is 1.41. The molecule has 0 aromatic heterocycles. The lowest BCUT2D eigenvalue weighted by Crippen LogP contribution is -2.46. The molecule has 2 unspecified atom stereocenters. The first-order valence-corrected chi connectivity index (χ1v) is 5.87. The molecule has 2 N–H and O–H groups in total. The third-order valence-corrected chi connectivity index (χ3v) is 2.48. The van der Waals surface area contributed by atoms with Gasteiger partial charge in [0.15, 0.2) is 6.10 Å². The SMILES string of the molecule is CCCCCCOC(C(N)CC)C(F)(F)F. The van der Waals surface area contributed by atoms with E-state index in [0.29, 0.717) is 6.42 Å². The van der Waals surface area contributed by atoms with Crippen LogP contribution in [0.5, 0.6) is 0 Å². The molecule has 0 aromatic rings. The van der Waals surface area contributed by atoms with Crippen LogP contribution >= 0.6 is 0 Å². The average Bonchev–Trinajstić information content (AvgIpc) is 2.20. The van der Waals surface area contributed by atoms with Crippen molar-refractivity contribution < 1.29 is 17.9 Å². The minimum absolute atomic E-state index is 0.137. The summed E-state index contributed by atoms with van der Waals surface area (Å²) < 4.78 is 42.4. The van der Waals surface area contributed by atoms with E-state index < -0.39 is 18.3 Å². The number of halogens is 3. The molecule has 0 rings (SSSR count). The topological polar surface area (TPSA) is 35.2 Å². The highest BCUT2D eigenvalue weighted by Gasteiger charge is 2.43. The standard InChI is InChI=1S/C11H22F3NO/c1-3-5-6-7-8-16-10(9(15)4-2)11(12,13)14/h9-10H,3-8,15H2,1-2H3. The van der Waals surface area contributed by atoms with Crippen LogP contribution in [0, 0.1) is 0 Å². The van der Waals surface area contributed by atoms with E-state index in [1.807, 2.05) is 6.92 Å². The molecule has 0 radical (unpaired) electrons. The molecule has 0 heterocycles. The normalized spacial score (nSPS) is 16.1. The summed E-state index contributed by atoms with van der Waals surface area (Å²) in [6, 6.07) is -0.967. The van der Waals surface area contributed by atoms with Gasteiger partial charge in [0.05, 0.1) is 0 Å². The zero-order valence-electron chi connectivity index (χ0n) is 10.0. The molecule has 2 atom stereocenters. The summed E-state index contributed by atoms with van der Waals surface area (Å²) >= 11 is 0. The van der Waals surface area contributed by atoms with Crippen LogP contribution in [0.3, 0.4) is 0 Å². The van der Waals surface area contributed by atoms with Gasteiger partial charge in [-0.3, -0.25) is 0 Å². The molecule has 0 aliphatic heterocycles. The van der Waals surface area contributed by atoms with E-state index in [1.54, 1.807) is 6.92 Å². The summed E-state index contributed by atoms with van der Waals surface area (Å²) in [5, 5.41) is 0. The second-order valence-corrected chi connectivity index (χ2v) is 3.97. The minimum Gasteiger partial charge on any atom is -0.367 e. The highest BCUT2D eigenvalue weighted by Crippen LogP contribution is 2.26. The first-order valence-electron chi connectivity index (χ1n) is 5.87. The summed E-state index contributed by atoms with van der Waals surface area (Å²) in [7, 11) is 0. The van der Waals surface area contributed by atoms with Gasteiger partial charge in [0.1, 0.15) is 0 Å². The lowest BCUT2D eigenvalue weighted by molar-refractivity contribution is -0.226. The molecule has 0 fully saturated rings. The Hall–Kier alpha value is -0.290. The average molecular weight is 241 g/mol. The Morgan fingerprint density at radius 2 is 1.75 bits per heavy atom. The molecule has 0 saturated heterocycles. The Morgan fingerprint density at radius 3 is 2.19 bits per heavy atom. The molecule has 0 aliphatic rings. The number of ether oxygens (including phenoxy) is 1. The highest BCUT2D eigenvalue weighted by atomic mass is 19.4. The first kappa shape index (κ1) is 15.7. The van der Waals surface area contributed by atoms with E-state index in [1.165, 1.54) is 0 Å². The monoisotopic (exact) mass is 241 g/mol. The van der Waals surface area contributed by atoms with Crippen molar-refractivity contribution in [2.45, 2.75) is 64.3 Å². The number of hydrogen-bond acceptors (Lipinski definition) is 2. The van der Waals surface area contributed by atoms with Crippen molar-refractivity contribution in [3.8, 4) is 0 Å². The van der Waals surface area contributed by atoms with E-state index in [-0.39, 0.29) is 13.0 Å². The quantitative estimate of drug-likeness (QED) is 0.662. The molecular formula is C11H22F3NO. The van der Waals surface area contributed by atoms with Crippen LogP contribution in [-0.2, 0) is 4.74 Å². The molecule has 5 heteroatoms. The summed E-state index contributed by atoms with van der Waals surface area (Å²) in [5.74, 6) is 0. The number of rotatable bonds is 8. The van der Waals surface area contributed by atoms with Gasteiger partial charge in [0, 0.05) is 12.6 Å². The van der Waals surface area contributed by atoms with E-state index in [2.05, 4.69) is 0 Å². The van der Waals surface area contributed by atoms with Gasteiger partial charge in [-0.25, -0.2) is 0 Å². The Balaban J connectivity index is 3.94. The van der Waals surface area contributed by atoms with Crippen LogP contribution in [-0.4, -0.2) is 24.9 Å². The zero-order chi connectivity index (χ0) is 12.6. The second kappa shape index (κ2) is 7.90. The van der Waals surface area contributed by atoms with Crippen molar-refractivity contribution in [3.05, 3.63) is 0 Å².